The van der Waals surface area contributed by atoms with Gasteiger partial charge in [-0.05, 0) is 18.8 Å². The predicted molar refractivity (Wildman–Crippen MR) is 62.9 cm³/mol. The maximum atomic E-state index is 12.2. The Labute approximate surface area is 102 Å². The fraction of sp³-hybridized carbons (Fsp3) is 0.818. The number of amides is 2. The standard InChI is InChI=1S/C11H21N3O3/c1-8(2)9(14(12)11(16)17-3)10(15)13-6-4-5-7-13/h8-9H,4-7,12H2,1-3H3/t9-/m0/s1. The predicted octanol–water partition coefficient (Wildman–Crippen LogP) is 0.575. The first-order valence-electron chi connectivity index (χ1n) is 5.89. The summed E-state index contributed by atoms with van der Waals surface area (Å²) in [5.41, 5.74) is 0. The van der Waals surface area contributed by atoms with E-state index in [2.05, 4.69) is 4.74 Å². The summed E-state index contributed by atoms with van der Waals surface area (Å²) in [6.45, 7) is 5.22. The topological polar surface area (TPSA) is 75.9 Å². The van der Waals surface area contributed by atoms with Crippen LogP contribution in [0.1, 0.15) is 26.7 Å². The van der Waals surface area contributed by atoms with E-state index in [4.69, 9.17) is 5.84 Å². The number of ether oxygens (including phenoxy) is 1. The molecule has 1 saturated heterocycles. The summed E-state index contributed by atoms with van der Waals surface area (Å²) in [4.78, 5) is 25.4. The van der Waals surface area contributed by atoms with Crippen LogP contribution in [0, 0.1) is 5.92 Å². The van der Waals surface area contributed by atoms with E-state index < -0.39 is 12.1 Å². The minimum absolute atomic E-state index is 0.0489. The number of hydrogen-bond donors (Lipinski definition) is 1. The Hall–Kier alpha value is -1.30. The molecule has 0 aromatic heterocycles. The van der Waals surface area contributed by atoms with Crippen LogP contribution >= 0.6 is 0 Å². The van der Waals surface area contributed by atoms with Crippen LogP contribution in [0.25, 0.3) is 0 Å². The molecule has 1 aliphatic heterocycles. The molecule has 17 heavy (non-hydrogen) atoms. The third-order valence-electron chi connectivity index (χ3n) is 2.99. The summed E-state index contributed by atoms with van der Waals surface area (Å²) in [5, 5.41) is 0.894. The molecule has 1 aliphatic rings. The number of methoxy groups -OCH3 is 1. The van der Waals surface area contributed by atoms with Crippen molar-refractivity contribution >= 4 is 12.0 Å². The fourth-order valence-corrected chi connectivity index (χ4v) is 2.07. The summed E-state index contributed by atoms with van der Waals surface area (Å²) in [6, 6.07) is -0.652. The Balaban J connectivity index is 2.77. The van der Waals surface area contributed by atoms with Gasteiger partial charge in [-0.25, -0.2) is 15.6 Å². The molecule has 0 aromatic rings. The highest BCUT2D eigenvalue weighted by molar-refractivity contribution is 5.85. The lowest BCUT2D eigenvalue weighted by Gasteiger charge is -2.31. The van der Waals surface area contributed by atoms with Crippen LogP contribution in [0.3, 0.4) is 0 Å². The Morgan fingerprint density at radius 1 is 1.29 bits per heavy atom. The molecule has 98 valence electrons. The van der Waals surface area contributed by atoms with E-state index in [-0.39, 0.29) is 11.8 Å². The first-order chi connectivity index (χ1) is 7.99. The number of hydrogen-bond acceptors (Lipinski definition) is 4. The van der Waals surface area contributed by atoms with Crippen molar-refractivity contribution in [1.82, 2.24) is 9.91 Å². The molecule has 0 bridgehead atoms. The average molecular weight is 243 g/mol. The van der Waals surface area contributed by atoms with Crippen LogP contribution in [0.4, 0.5) is 4.79 Å². The van der Waals surface area contributed by atoms with Gasteiger partial charge in [0.25, 0.3) is 0 Å². The van der Waals surface area contributed by atoms with Crippen molar-refractivity contribution in [3.63, 3.8) is 0 Å². The zero-order valence-corrected chi connectivity index (χ0v) is 10.7. The van der Waals surface area contributed by atoms with Gasteiger partial charge in [-0.1, -0.05) is 13.8 Å². The number of nitrogens with two attached hydrogens (primary N) is 1. The molecular formula is C11H21N3O3. The number of nitrogens with zero attached hydrogens (tertiary/aromatic N) is 2. The van der Waals surface area contributed by atoms with Crippen molar-refractivity contribution in [3.05, 3.63) is 0 Å². The molecule has 2 N–H and O–H groups in total. The van der Waals surface area contributed by atoms with Crippen molar-refractivity contribution in [2.75, 3.05) is 20.2 Å². The molecule has 0 saturated carbocycles. The molecule has 1 atom stereocenters. The van der Waals surface area contributed by atoms with Crippen LogP contribution in [0.15, 0.2) is 0 Å². The molecule has 6 nitrogen and oxygen atoms in total. The lowest BCUT2D eigenvalue weighted by atomic mass is 10.0. The zero-order chi connectivity index (χ0) is 13.0. The van der Waals surface area contributed by atoms with Crippen LogP contribution < -0.4 is 5.84 Å². The van der Waals surface area contributed by atoms with Crippen molar-refractivity contribution in [3.8, 4) is 0 Å². The third-order valence-corrected chi connectivity index (χ3v) is 2.99. The highest BCUT2D eigenvalue weighted by atomic mass is 16.5. The van der Waals surface area contributed by atoms with Gasteiger partial charge in [0.05, 0.1) is 7.11 Å². The Bertz CT molecular complexity index is 288. The van der Waals surface area contributed by atoms with Gasteiger partial charge in [0.15, 0.2) is 0 Å². The van der Waals surface area contributed by atoms with Gasteiger partial charge in [-0.2, -0.15) is 0 Å². The van der Waals surface area contributed by atoms with Crippen molar-refractivity contribution in [2.24, 2.45) is 11.8 Å². The lowest BCUT2D eigenvalue weighted by Crippen LogP contribution is -2.56. The van der Waals surface area contributed by atoms with E-state index in [0.29, 0.717) is 0 Å². The van der Waals surface area contributed by atoms with Crippen molar-refractivity contribution in [2.45, 2.75) is 32.7 Å². The summed E-state index contributed by atoms with van der Waals surface area (Å²) in [5.74, 6) is 5.51. The zero-order valence-electron chi connectivity index (χ0n) is 10.7. The van der Waals surface area contributed by atoms with Crippen LogP contribution in [0.2, 0.25) is 0 Å². The maximum Gasteiger partial charge on any atom is 0.424 e. The van der Waals surface area contributed by atoms with Gasteiger partial charge < -0.3 is 9.64 Å². The molecule has 1 rings (SSSR count). The number of hydrazine groups is 1. The third kappa shape index (κ3) is 3.09. The minimum atomic E-state index is -0.684. The lowest BCUT2D eigenvalue weighted by molar-refractivity contribution is -0.137. The van der Waals surface area contributed by atoms with Crippen LogP contribution in [-0.2, 0) is 9.53 Å². The molecule has 2 amide bonds. The Morgan fingerprint density at radius 3 is 2.24 bits per heavy atom. The van der Waals surface area contributed by atoms with E-state index >= 15 is 0 Å². The summed E-state index contributed by atoms with van der Waals surface area (Å²) < 4.78 is 4.55. The summed E-state index contributed by atoms with van der Waals surface area (Å²) in [7, 11) is 1.25. The first-order valence-corrected chi connectivity index (χ1v) is 5.89. The molecule has 0 spiro atoms. The molecule has 0 aliphatic carbocycles. The average Bonchev–Trinajstić information content (AvgIpc) is 2.80. The van der Waals surface area contributed by atoms with Crippen molar-refractivity contribution in [1.29, 1.82) is 0 Å². The second kappa shape index (κ2) is 5.86. The Kier molecular flexibility index (Phi) is 4.74. The van der Waals surface area contributed by atoms with Gasteiger partial charge in [0.2, 0.25) is 5.91 Å². The number of carbonyl (C=O) groups excluding carboxylic acids is 2. The van der Waals surface area contributed by atoms with Crippen molar-refractivity contribution < 1.29 is 14.3 Å². The van der Waals surface area contributed by atoms with Gasteiger partial charge >= 0.3 is 6.09 Å². The smallest absolute Gasteiger partial charge is 0.424 e. The normalized spacial score (nSPS) is 17.1. The molecule has 1 fully saturated rings. The van der Waals surface area contributed by atoms with Gasteiger partial charge in [0.1, 0.15) is 6.04 Å². The van der Waals surface area contributed by atoms with Gasteiger partial charge in [0, 0.05) is 13.1 Å². The molecule has 0 radical (unpaired) electrons. The quantitative estimate of drug-likeness (QED) is 0.447. The van der Waals surface area contributed by atoms with E-state index in [0.717, 1.165) is 30.9 Å². The SMILES string of the molecule is COC(=O)N(N)[C@H](C(=O)N1CCCC1)C(C)C. The second-order valence-electron chi connectivity index (χ2n) is 4.60. The second-order valence-corrected chi connectivity index (χ2v) is 4.60. The molecule has 6 heteroatoms. The summed E-state index contributed by atoms with van der Waals surface area (Å²) >= 11 is 0. The van der Waals surface area contributed by atoms with E-state index in [1.165, 1.54) is 7.11 Å². The number of carbonyl (C=O) groups is 2. The summed E-state index contributed by atoms with van der Waals surface area (Å²) in [6.07, 6.45) is 1.34. The van der Waals surface area contributed by atoms with E-state index in [1.807, 2.05) is 13.8 Å². The fourth-order valence-electron chi connectivity index (χ4n) is 2.07. The highest BCUT2D eigenvalue weighted by Crippen LogP contribution is 2.16. The van der Waals surface area contributed by atoms with Gasteiger partial charge in [-0.15, -0.1) is 0 Å². The monoisotopic (exact) mass is 243 g/mol. The van der Waals surface area contributed by atoms with Crippen LogP contribution in [0.5, 0.6) is 0 Å². The number of likely N-dealkylation sites (tertiary alicyclic amines) is 1. The maximum absolute atomic E-state index is 12.2. The van der Waals surface area contributed by atoms with Gasteiger partial charge in [-0.3, -0.25) is 4.79 Å². The molecule has 0 unspecified atom stereocenters. The molecular weight excluding hydrogens is 222 g/mol. The van der Waals surface area contributed by atoms with E-state index in [9.17, 15) is 9.59 Å². The molecule has 1 heterocycles. The Morgan fingerprint density at radius 2 is 1.82 bits per heavy atom. The largest absolute Gasteiger partial charge is 0.452 e. The van der Waals surface area contributed by atoms with E-state index in [1.54, 1.807) is 4.90 Å². The highest BCUT2D eigenvalue weighted by Gasteiger charge is 2.35. The minimum Gasteiger partial charge on any atom is -0.452 e. The van der Waals surface area contributed by atoms with Crippen LogP contribution in [-0.4, -0.2) is 48.2 Å². The number of rotatable bonds is 3. The first kappa shape index (κ1) is 13.8. The molecule has 0 aromatic carbocycles.